The monoisotopic (exact) mass is 355 g/mol. The quantitative estimate of drug-likeness (QED) is 0.730. The van der Waals surface area contributed by atoms with Crippen LogP contribution in [0.1, 0.15) is 24.6 Å². The molecule has 0 amide bonds. The van der Waals surface area contributed by atoms with Crippen LogP contribution in [0.25, 0.3) is 10.9 Å². The molecule has 0 spiro atoms. The molecule has 7 nitrogen and oxygen atoms in total. The highest BCUT2D eigenvalue weighted by atomic mass is 16.5. The average molecular weight is 355 g/mol. The number of H-pyrrole nitrogens is 1. The first-order chi connectivity index (χ1) is 12.6. The second-order valence-corrected chi connectivity index (χ2v) is 6.15. The molecule has 26 heavy (non-hydrogen) atoms. The number of rotatable bonds is 2. The third-order valence-electron chi connectivity index (χ3n) is 4.26. The van der Waals surface area contributed by atoms with Gasteiger partial charge in [0.15, 0.2) is 0 Å². The summed E-state index contributed by atoms with van der Waals surface area (Å²) in [5.41, 5.74) is 0.679. The van der Waals surface area contributed by atoms with Crippen molar-refractivity contribution in [1.29, 1.82) is 0 Å². The Bertz CT molecular complexity index is 930. The van der Waals surface area contributed by atoms with E-state index in [0.29, 0.717) is 18.4 Å². The molecule has 1 saturated heterocycles. The number of aromatic nitrogens is 3. The lowest BCUT2D eigenvalue weighted by Gasteiger charge is -2.14. The first-order valence-electron chi connectivity index (χ1n) is 8.46. The van der Waals surface area contributed by atoms with Crippen molar-refractivity contribution in [2.45, 2.75) is 32.1 Å². The number of hydrogen-bond acceptors (Lipinski definition) is 5. The van der Waals surface area contributed by atoms with Crippen LogP contribution < -0.4 is 11.2 Å². The summed E-state index contributed by atoms with van der Waals surface area (Å²) in [6, 6.07) is 12.1. The second kappa shape index (κ2) is 8.07. The highest BCUT2D eigenvalue weighted by molar-refractivity contribution is 5.77. The first-order valence-corrected chi connectivity index (χ1v) is 8.46. The van der Waals surface area contributed by atoms with E-state index in [1.54, 1.807) is 6.92 Å². The van der Waals surface area contributed by atoms with Gasteiger partial charge in [-0.3, -0.25) is 19.3 Å². The Kier molecular flexibility index (Phi) is 5.60. The number of aliphatic hydroxyl groups is 1. The van der Waals surface area contributed by atoms with Gasteiger partial charge in [0.05, 0.1) is 18.2 Å². The average Bonchev–Trinajstić information content (AvgIpc) is 3.14. The summed E-state index contributed by atoms with van der Waals surface area (Å²) in [6.45, 7) is 1.58. The van der Waals surface area contributed by atoms with Crippen LogP contribution in [0.5, 0.6) is 0 Å². The third kappa shape index (κ3) is 4.07. The van der Waals surface area contributed by atoms with Crippen LogP contribution in [0.3, 0.4) is 0 Å². The highest BCUT2D eigenvalue weighted by Gasteiger charge is 2.26. The van der Waals surface area contributed by atoms with Crippen molar-refractivity contribution in [2.24, 2.45) is 0 Å². The lowest BCUT2D eigenvalue weighted by Crippen LogP contribution is -2.33. The van der Waals surface area contributed by atoms with E-state index in [2.05, 4.69) is 22.1 Å². The molecule has 0 bridgehead atoms. The van der Waals surface area contributed by atoms with E-state index >= 15 is 0 Å². The molecule has 2 N–H and O–H groups in total. The number of aromatic amines is 1. The summed E-state index contributed by atoms with van der Waals surface area (Å²) in [6.07, 6.45) is 4.07. The molecule has 7 heteroatoms. The molecular formula is C19H21N3O4. The number of hydrogen-bond donors (Lipinski definition) is 2. The van der Waals surface area contributed by atoms with E-state index in [1.807, 2.05) is 30.5 Å². The summed E-state index contributed by atoms with van der Waals surface area (Å²) >= 11 is 0. The van der Waals surface area contributed by atoms with Gasteiger partial charge in [0.25, 0.3) is 5.56 Å². The molecule has 0 saturated carbocycles. The van der Waals surface area contributed by atoms with Crippen molar-refractivity contribution >= 4 is 10.9 Å². The van der Waals surface area contributed by atoms with Crippen LogP contribution >= 0.6 is 0 Å². The Morgan fingerprint density at radius 3 is 2.73 bits per heavy atom. The van der Waals surface area contributed by atoms with Gasteiger partial charge in [0.1, 0.15) is 6.23 Å². The Morgan fingerprint density at radius 1 is 1.23 bits per heavy atom. The van der Waals surface area contributed by atoms with E-state index in [9.17, 15) is 9.59 Å². The lowest BCUT2D eigenvalue weighted by atomic mass is 10.2. The van der Waals surface area contributed by atoms with E-state index < -0.39 is 5.69 Å². The van der Waals surface area contributed by atoms with Gasteiger partial charge in [-0.25, -0.2) is 4.79 Å². The molecule has 1 aliphatic heterocycles. The second-order valence-electron chi connectivity index (χ2n) is 6.15. The van der Waals surface area contributed by atoms with Crippen molar-refractivity contribution in [3.63, 3.8) is 0 Å². The topological polar surface area (TPSA) is 97.2 Å². The SMILES string of the molecule is Cc1cn([C@H]2CC[C@@H](CO)O2)c(=O)[nH]c1=O.c1ccc2ncccc2c1. The zero-order valence-corrected chi connectivity index (χ0v) is 14.5. The molecule has 0 radical (unpaired) electrons. The zero-order valence-electron chi connectivity index (χ0n) is 14.5. The maximum atomic E-state index is 11.5. The molecule has 4 rings (SSSR count). The van der Waals surface area contributed by atoms with Crippen LogP contribution in [-0.4, -0.2) is 32.4 Å². The normalized spacial score (nSPS) is 19.2. The summed E-state index contributed by atoms with van der Waals surface area (Å²) in [5, 5.41) is 10.1. The van der Waals surface area contributed by atoms with Crippen LogP contribution in [0.4, 0.5) is 0 Å². The van der Waals surface area contributed by atoms with Crippen molar-refractivity contribution in [1.82, 2.24) is 14.5 Å². The third-order valence-corrected chi connectivity index (χ3v) is 4.26. The number of nitrogens with zero attached hydrogens (tertiary/aromatic N) is 2. The van der Waals surface area contributed by atoms with Gasteiger partial charge < -0.3 is 9.84 Å². The molecule has 1 fully saturated rings. The fourth-order valence-electron chi connectivity index (χ4n) is 2.84. The van der Waals surface area contributed by atoms with Gasteiger partial charge >= 0.3 is 5.69 Å². The standard InChI is InChI=1S/C10H14N2O4.C9H7N/c1-6-4-12(10(15)11-9(6)14)8-3-2-7(5-13)16-8;1-2-6-9-8(4-1)5-3-7-10-9/h4,7-8,13H,2-3,5H2,1H3,(H,11,14,15);1-7H/t7-,8+;/m0./s1. The summed E-state index contributed by atoms with van der Waals surface area (Å²) in [5.74, 6) is 0. The number of pyridine rings is 1. The number of fused-ring (bicyclic) bond motifs is 1. The Labute approximate surface area is 149 Å². The molecule has 3 heterocycles. The number of benzene rings is 1. The number of ether oxygens (including phenoxy) is 1. The molecule has 3 aromatic rings. The van der Waals surface area contributed by atoms with E-state index in [0.717, 1.165) is 5.52 Å². The molecule has 1 aliphatic rings. The predicted octanol–water partition coefficient (Wildman–Crippen LogP) is 1.75. The number of para-hydroxylation sites is 1. The molecular weight excluding hydrogens is 334 g/mol. The van der Waals surface area contributed by atoms with Gasteiger partial charge in [-0.1, -0.05) is 24.3 Å². The minimum Gasteiger partial charge on any atom is -0.394 e. The Hall–Kier alpha value is -2.77. The largest absolute Gasteiger partial charge is 0.394 e. The van der Waals surface area contributed by atoms with Crippen LogP contribution in [0, 0.1) is 6.92 Å². The molecule has 2 atom stereocenters. The van der Waals surface area contributed by atoms with Crippen LogP contribution in [-0.2, 0) is 4.74 Å². The zero-order chi connectivity index (χ0) is 18.5. The minimum atomic E-state index is -0.473. The predicted molar refractivity (Wildman–Crippen MR) is 98.0 cm³/mol. The van der Waals surface area contributed by atoms with Crippen molar-refractivity contribution < 1.29 is 9.84 Å². The van der Waals surface area contributed by atoms with E-state index in [4.69, 9.17) is 9.84 Å². The molecule has 1 aromatic carbocycles. The molecule has 136 valence electrons. The molecule has 2 aromatic heterocycles. The van der Waals surface area contributed by atoms with E-state index in [-0.39, 0.29) is 24.5 Å². The van der Waals surface area contributed by atoms with Crippen molar-refractivity contribution in [3.8, 4) is 0 Å². The fraction of sp³-hybridized carbons (Fsp3) is 0.316. The van der Waals surface area contributed by atoms with Gasteiger partial charge in [-0.2, -0.15) is 0 Å². The molecule has 0 unspecified atom stereocenters. The summed E-state index contributed by atoms with van der Waals surface area (Å²) < 4.78 is 6.83. The van der Waals surface area contributed by atoms with Gasteiger partial charge in [0.2, 0.25) is 0 Å². The maximum Gasteiger partial charge on any atom is 0.330 e. The minimum absolute atomic E-state index is 0.0480. The maximum absolute atomic E-state index is 11.5. The summed E-state index contributed by atoms with van der Waals surface area (Å²) in [7, 11) is 0. The van der Waals surface area contributed by atoms with Crippen LogP contribution in [0.15, 0.2) is 58.4 Å². The van der Waals surface area contributed by atoms with Gasteiger partial charge in [-0.05, 0) is 31.9 Å². The number of nitrogens with one attached hydrogen (secondary N) is 1. The van der Waals surface area contributed by atoms with Crippen LogP contribution in [0.2, 0.25) is 0 Å². The van der Waals surface area contributed by atoms with Crippen molar-refractivity contribution in [3.05, 3.63) is 75.2 Å². The van der Waals surface area contributed by atoms with E-state index in [1.165, 1.54) is 16.2 Å². The fourth-order valence-corrected chi connectivity index (χ4v) is 2.84. The number of aryl methyl sites for hydroxylation is 1. The molecule has 0 aliphatic carbocycles. The smallest absolute Gasteiger partial charge is 0.330 e. The summed E-state index contributed by atoms with van der Waals surface area (Å²) in [4.78, 5) is 29.1. The Balaban J connectivity index is 0.000000167. The Morgan fingerprint density at radius 2 is 2.00 bits per heavy atom. The van der Waals surface area contributed by atoms with Gasteiger partial charge in [0, 0.05) is 23.3 Å². The highest BCUT2D eigenvalue weighted by Crippen LogP contribution is 2.26. The first kappa shape index (κ1) is 18.0. The lowest BCUT2D eigenvalue weighted by molar-refractivity contribution is -0.0247. The van der Waals surface area contributed by atoms with Gasteiger partial charge in [-0.15, -0.1) is 0 Å². The van der Waals surface area contributed by atoms with Crippen molar-refractivity contribution in [2.75, 3.05) is 6.61 Å². The number of aliphatic hydroxyl groups excluding tert-OH is 1.